The molecule has 0 radical (unpaired) electrons. The average Bonchev–Trinajstić information content (AvgIpc) is 3.13. The summed E-state index contributed by atoms with van der Waals surface area (Å²) in [5.74, 6) is 0.692. The molecule has 0 bridgehead atoms. The predicted molar refractivity (Wildman–Crippen MR) is 90.8 cm³/mol. The molecule has 0 amide bonds. The third kappa shape index (κ3) is 2.49. The highest BCUT2D eigenvalue weighted by molar-refractivity contribution is 5.85. The van der Waals surface area contributed by atoms with E-state index in [4.69, 9.17) is 5.73 Å². The second-order valence-electron chi connectivity index (χ2n) is 6.32. The van der Waals surface area contributed by atoms with E-state index in [1.165, 1.54) is 53.5 Å². The highest BCUT2D eigenvalue weighted by Gasteiger charge is 2.25. The van der Waals surface area contributed by atoms with Crippen molar-refractivity contribution in [2.75, 3.05) is 0 Å². The number of fused-ring (bicyclic) bond motifs is 3. The number of hydrogen-bond donors (Lipinski definition) is 1. The Hall–Kier alpha value is -1.31. The van der Waals surface area contributed by atoms with Crippen LogP contribution in [-0.2, 0) is 6.42 Å². The van der Waals surface area contributed by atoms with Crippen LogP contribution in [0.15, 0.2) is 42.5 Å². The summed E-state index contributed by atoms with van der Waals surface area (Å²) in [4.78, 5) is 0. The van der Waals surface area contributed by atoms with E-state index in [-0.39, 0.29) is 18.4 Å². The Bertz CT molecular complexity index is 644. The standard InChI is InChI=1S/C19H21N.ClH/c20-19(13-5-1-2-6-13)15-9-10-18-16(12-15)11-14-7-3-4-8-17(14)18;/h3-4,7-10,12-13,19H,1-2,5-6,11,20H2;1H/t19-;/m0./s1. The molecule has 2 heteroatoms. The van der Waals surface area contributed by atoms with Crippen molar-refractivity contribution in [2.45, 2.75) is 38.1 Å². The molecule has 0 aliphatic heterocycles. The molecule has 1 fully saturated rings. The first-order valence-electron chi connectivity index (χ1n) is 7.79. The largest absolute Gasteiger partial charge is 0.324 e. The van der Waals surface area contributed by atoms with Gasteiger partial charge in [0.25, 0.3) is 0 Å². The SMILES string of the molecule is Cl.N[C@H](c1ccc2c(c1)Cc1ccccc1-2)C1CCCC1. The van der Waals surface area contributed by atoms with Gasteiger partial charge in [-0.1, -0.05) is 55.3 Å². The van der Waals surface area contributed by atoms with Crippen LogP contribution < -0.4 is 5.73 Å². The molecular formula is C19H22ClN. The lowest BCUT2D eigenvalue weighted by Gasteiger charge is -2.20. The maximum Gasteiger partial charge on any atom is 0.0323 e. The zero-order valence-electron chi connectivity index (χ0n) is 12.2. The van der Waals surface area contributed by atoms with Gasteiger partial charge in [0.15, 0.2) is 0 Å². The third-order valence-electron chi connectivity index (χ3n) is 5.11. The van der Waals surface area contributed by atoms with Gasteiger partial charge in [0.2, 0.25) is 0 Å². The number of rotatable bonds is 2. The fraction of sp³-hybridized carbons (Fsp3) is 0.368. The van der Waals surface area contributed by atoms with Gasteiger partial charge in [-0.25, -0.2) is 0 Å². The van der Waals surface area contributed by atoms with Crippen LogP contribution in [0.2, 0.25) is 0 Å². The summed E-state index contributed by atoms with van der Waals surface area (Å²) in [6.45, 7) is 0. The van der Waals surface area contributed by atoms with Crippen molar-refractivity contribution in [1.29, 1.82) is 0 Å². The molecule has 2 aliphatic rings. The third-order valence-corrected chi connectivity index (χ3v) is 5.11. The van der Waals surface area contributed by atoms with Gasteiger partial charge in [0.05, 0.1) is 0 Å². The molecule has 1 nitrogen and oxygen atoms in total. The van der Waals surface area contributed by atoms with Crippen LogP contribution in [0.25, 0.3) is 11.1 Å². The zero-order chi connectivity index (χ0) is 13.5. The van der Waals surface area contributed by atoms with Crippen LogP contribution in [0, 0.1) is 5.92 Å². The Balaban J connectivity index is 0.00000132. The van der Waals surface area contributed by atoms with Gasteiger partial charge in [-0.05, 0) is 53.0 Å². The summed E-state index contributed by atoms with van der Waals surface area (Å²) in [7, 11) is 0. The minimum absolute atomic E-state index is 0. The zero-order valence-corrected chi connectivity index (χ0v) is 13.0. The smallest absolute Gasteiger partial charge is 0.0323 e. The maximum atomic E-state index is 6.50. The molecule has 2 aromatic rings. The number of nitrogens with two attached hydrogens (primary N) is 1. The first-order chi connectivity index (χ1) is 9.83. The lowest BCUT2D eigenvalue weighted by Crippen LogP contribution is -2.19. The lowest BCUT2D eigenvalue weighted by molar-refractivity contribution is 0.445. The number of benzene rings is 2. The summed E-state index contributed by atoms with van der Waals surface area (Å²) in [5, 5.41) is 0. The van der Waals surface area contributed by atoms with E-state index < -0.39 is 0 Å². The van der Waals surface area contributed by atoms with Crippen molar-refractivity contribution < 1.29 is 0 Å². The molecule has 2 aromatic carbocycles. The van der Waals surface area contributed by atoms with Gasteiger partial charge in [-0.15, -0.1) is 12.4 Å². The van der Waals surface area contributed by atoms with Gasteiger partial charge in [0.1, 0.15) is 0 Å². The molecule has 0 aromatic heterocycles. The molecule has 21 heavy (non-hydrogen) atoms. The molecule has 4 rings (SSSR count). The second kappa shape index (κ2) is 5.82. The summed E-state index contributed by atoms with van der Waals surface area (Å²) in [6, 6.07) is 15.9. The quantitative estimate of drug-likeness (QED) is 0.718. The Morgan fingerprint density at radius 1 is 0.905 bits per heavy atom. The second-order valence-corrected chi connectivity index (χ2v) is 6.32. The average molecular weight is 300 g/mol. The van der Waals surface area contributed by atoms with Gasteiger partial charge in [-0.2, -0.15) is 0 Å². The van der Waals surface area contributed by atoms with E-state index >= 15 is 0 Å². The van der Waals surface area contributed by atoms with E-state index in [9.17, 15) is 0 Å². The lowest BCUT2D eigenvalue weighted by atomic mass is 9.90. The summed E-state index contributed by atoms with van der Waals surface area (Å²) >= 11 is 0. The van der Waals surface area contributed by atoms with Crippen molar-refractivity contribution in [2.24, 2.45) is 11.7 Å². The van der Waals surface area contributed by atoms with Crippen molar-refractivity contribution in [3.05, 3.63) is 59.2 Å². The van der Waals surface area contributed by atoms with Gasteiger partial charge in [0, 0.05) is 6.04 Å². The topological polar surface area (TPSA) is 26.0 Å². The van der Waals surface area contributed by atoms with E-state index in [0.717, 1.165) is 6.42 Å². The first-order valence-corrected chi connectivity index (χ1v) is 7.79. The minimum Gasteiger partial charge on any atom is -0.324 e. The van der Waals surface area contributed by atoms with Crippen LogP contribution in [0.5, 0.6) is 0 Å². The number of hydrogen-bond acceptors (Lipinski definition) is 1. The maximum absolute atomic E-state index is 6.50. The van der Waals surface area contributed by atoms with Crippen molar-refractivity contribution >= 4 is 12.4 Å². The summed E-state index contributed by atoms with van der Waals surface area (Å²) < 4.78 is 0. The molecule has 2 aliphatic carbocycles. The van der Waals surface area contributed by atoms with Crippen molar-refractivity contribution in [3.63, 3.8) is 0 Å². The Morgan fingerprint density at radius 3 is 2.43 bits per heavy atom. The minimum atomic E-state index is 0. The Morgan fingerprint density at radius 2 is 1.62 bits per heavy atom. The van der Waals surface area contributed by atoms with Crippen molar-refractivity contribution in [1.82, 2.24) is 0 Å². The van der Waals surface area contributed by atoms with Crippen LogP contribution in [0.1, 0.15) is 48.4 Å². The molecule has 110 valence electrons. The van der Waals surface area contributed by atoms with E-state index in [1.807, 2.05) is 0 Å². The molecule has 1 saturated carbocycles. The Kier molecular flexibility index (Phi) is 4.05. The van der Waals surface area contributed by atoms with Gasteiger partial charge in [-0.3, -0.25) is 0 Å². The Labute approximate surface area is 133 Å². The van der Waals surface area contributed by atoms with E-state index in [0.29, 0.717) is 5.92 Å². The highest BCUT2D eigenvalue weighted by atomic mass is 35.5. The highest BCUT2D eigenvalue weighted by Crippen LogP contribution is 2.39. The fourth-order valence-electron chi connectivity index (χ4n) is 3.96. The molecule has 0 unspecified atom stereocenters. The van der Waals surface area contributed by atoms with Crippen molar-refractivity contribution in [3.8, 4) is 11.1 Å². The van der Waals surface area contributed by atoms with Gasteiger partial charge >= 0.3 is 0 Å². The van der Waals surface area contributed by atoms with Crippen LogP contribution in [0.4, 0.5) is 0 Å². The summed E-state index contributed by atoms with van der Waals surface area (Å²) in [5.41, 5.74) is 13.6. The summed E-state index contributed by atoms with van der Waals surface area (Å²) in [6.07, 6.45) is 6.39. The van der Waals surface area contributed by atoms with E-state index in [1.54, 1.807) is 0 Å². The van der Waals surface area contributed by atoms with Gasteiger partial charge < -0.3 is 5.73 Å². The molecule has 1 atom stereocenters. The molecule has 2 N–H and O–H groups in total. The van der Waals surface area contributed by atoms with Crippen LogP contribution in [-0.4, -0.2) is 0 Å². The van der Waals surface area contributed by atoms with Crippen LogP contribution in [0.3, 0.4) is 0 Å². The normalized spacial score (nSPS) is 18.0. The molecule has 0 spiro atoms. The van der Waals surface area contributed by atoms with Crippen LogP contribution >= 0.6 is 12.4 Å². The fourth-order valence-corrected chi connectivity index (χ4v) is 3.96. The molecule has 0 heterocycles. The molecular weight excluding hydrogens is 278 g/mol. The monoisotopic (exact) mass is 299 g/mol. The predicted octanol–water partition coefficient (Wildman–Crippen LogP) is 4.87. The number of halogens is 1. The first kappa shape index (κ1) is 14.6. The van der Waals surface area contributed by atoms with E-state index in [2.05, 4.69) is 42.5 Å². The molecule has 0 saturated heterocycles.